The molecule has 1 saturated heterocycles. The second-order valence-corrected chi connectivity index (χ2v) is 17.2. The van der Waals surface area contributed by atoms with E-state index in [2.05, 4.69) is 62.5 Å². The second kappa shape index (κ2) is 36.3. The summed E-state index contributed by atoms with van der Waals surface area (Å²) in [5, 5.41) is 30.9. The number of hydrogen-bond acceptors (Lipinski definition) is 11. The number of aliphatic hydroxyl groups is 3. The van der Waals surface area contributed by atoms with Gasteiger partial charge in [0.05, 0.1) is 6.61 Å². The van der Waals surface area contributed by atoms with E-state index in [1.807, 2.05) is 0 Å². The van der Waals surface area contributed by atoms with E-state index >= 15 is 0 Å². The fourth-order valence-corrected chi connectivity index (χ4v) is 7.36. The summed E-state index contributed by atoms with van der Waals surface area (Å²) in [6.07, 6.45) is 33.0. The van der Waals surface area contributed by atoms with Gasteiger partial charge in [0.1, 0.15) is 36.8 Å². The van der Waals surface area contributed by atoms with E-state index < -0.39 is 71.2 Å². The van der Waals surface area contributed by atoms with Crippen molar-refractivity contribution in [2.45, 2.75) is 211 Å². The Hall–Kier alpha value is -2.39. The fourth-order valence-electron chi connectivity index (χ4n) is 6.67. The van der Waals surface area contributed by atoms with E-state index in [-0.39, 0.29) is 19.4 Å². The van der Waals surface area contributed by atoms with Crippen molar-refractivity contribution in [1.29, 1.82) is 0 Å². The number of carbonyl (C=O) groups is 2. The van der Waals surface area contributed by atoms with E-state index in [1.54, 1.807) is 0 Å². The predicted octanol–water partition coefficient (Wildman–Crippen LogP) is 9.17. The van der Waals surface area contributed by atoms with Crippen LogP contribution < -0.4 is 0 Å². The summed E-state index contributed by atoms with van der Waals surface area (Å²) in [5.41, 5.74) is 0. The van der Waals surface area contributed by atoms with Gasteiger partial charge in [0, 0.05) is 12.8 Å². The van der Waals surface area contributed by atoms with Gasteiger partial charge in [-0.1, -0.05) is 159 Å². The Morgan fingerprint density at radius 2 is 1.07 bits per heavy atom. The van der Waals surface area contributed by atoms with Gasteiger partial charge in [0.2, 0.25) is 0 Å². The maximum absolute atomic E-state index is 12.8. The molecule has 0 amide bonds. The lowest BCUT2D eigenvalue weighted by Gasteiger charge is -2.40. The molecule has 0 aromatic carbocycles. The Balaban J connectivity index is 2.47. The lowest BCUT2D eigenvalue weighted by Crippen LogP contribution is -2.60. The van der Waals surface area contributed by atoms with Crippen molar-refractivity contribution in [3.05, 3.63) is 48.6 Å². The number of hydrogen-bond donors (Lipinski definition) is 4. The molecule has 1 heterocycles. The quantitative estimate of drug-likeness (QED) is 0.0201. The molecular formula is C46H80O12S. The lowest BCUT2D eigenvalue weighted by molar-refractivity contribution is -0.297. The molecule has 0 radical (unpaired) electrons. The highest BCUT2D eigenvalue weighted by Gasteiger charge is 2.46. The minimum Gasteiger partial charge on any atom is -0.462 e. The molecule has 12 nitrogen and oxygen atoms in total. The van der Waals surface area contributed by atoms with Crippen molar-refractivity contribution in [1.82, 2.24) is 0 Å². The third-order valence-electron chi connectivity index (χ3n) is 10.2. The molecule has 0 saturated carbocycles. The molecule has 342 valence electrons. The molecule has 0 spiro atoms. The number of unbranched alkanes of at least 4 members (excludes halogenated alkanes) is 17. The van der Waals surface area contributed by atoms with Crippen LogP contribution in [0.15, 0.2) is 48.6 Å². The van der Waals surface area contributed by atoms with Crippen molar-refractivity contribution in [3.8, 4) is 0 Å². The van der Waals surface area contributed by atoms with Gasteiger partial charge in [0.25, 0.3) is 10.1 Å². The Morgan fingerprint density at radius 3 is 1.59 bits per heavy atom. The summed E-state index contributed by atoms with van der Waals surface area (Å²) >= 11 is 0. The number of carbonyl (C=O) groups excluding carboxylic acids is 2. The Morgan fingerprint density at radius 1 is 0.593 bits per heavy atom. The molecule has 2 unspecified atom stereocenters. The highest BCUT2D eigenvalue weighted by Crippen LogP contribution is 2.24. The largest absolute Gasteiger partial charge is 0.462 e. The van der Waals surface area contributed by atoms with Gasteiger partial charge in [-0.2, -0.15) is 8.42 Å². The first kappa shape index (κ1) is 54.6. The molecule has 1 aliphatic rings. The number of allylic oxidation sites excluding steroid dienone is 8. The van der Waals surface area contributed by atoms with Gasteiger partial charge in [-0.15, -0.1) is 0 Å². The third kappa shape index (κ3) is 31.2. The van der Waals surface area contributed by atoms with E-state index in [0.717, 1.165) is 57.8 Å². The van der Waals surface area contributed by atoms with Crippen molar-refractivity contribution in [2.75, 3.05) is 19.0 Å². The van der Waals surface area contributed by atoms with Gasteiger partial charge >= 0.3 is 11.9 Å². The maximum atomic E-state index is 12.8. The summed E-state index contributed by atoms with van der Waals surface area (Å²) in [7, 11) is -4.61. The second-order valence-electron chi connectivity index (χ2n) is 15.7. The van der Waals surface area contributed by atoms with Crippen molar-refractivity contribution in [2.24, 2.45) is 0 Å². The zero-order valence-electron chi connectivity index (χ0n) is 36.3. The van der Waals surface area contributed by atoms with Crippen LogP contribution in [0.3, 0.4) is 0 Å². The SMILES string of the molecule is CC/C=C/C/C=C/C/C=C/C/C=C/CCCCC(=O)OC[C@H](CO[C@H]1O[C@H](CS(=O)(=O)O)[C@@H](O)C(O)C1O)OC(=O)CCCCCCCCCCCCCCCCCC. The van der Waals surface area contributed by atoms with E-state index in [9.17, 15) is 37.9 Å². The standard InChI is InChI=1S/C46H80O12S/c1-3-5-7-9-11-13-15-17-19-21-23-25-27-29-31-33-35-42(48)57-39(37-56-46-45(51)44(50)43(49)40(58-46)38-59(52,53)54)36-55-41(47)34-32-30-28-26-24-22-20-18-16-14-12-10-8-6-4-2/h6,8,12,14,18,20,24,26,39-40,43-46,49-51H,3-5,7,9-11,13,15-17,19,21-23,25,27-38H2,1-2H3,(H,52,53,54)/b8-6+,14-12+,20-18+,26-24+/t39-,40-,43-,44?,45?,46+/m1/s1. The average molecular weight is 857 g/mol. The summed E-state index contributed by atoms with van der Waals surface area (Å²) < 4.78 is 54.0. The summed E-state index contributed by atoms with van der Waals surface area (Å²) in [5.74, 6) is -2.03. The van der Waals surface area contributed by atoms with Crippen LogP contribution in [0.5, 0.6) is 0 Å². The molecule has 13 heteroatoms. The Kier molecular flexibility index (Phi) is 33.6. The van der Waals surface area contributed by atoms with Crippen LogP contribution in [0.4, 0.5) is 0 Å². The fraction of sp³-hybridized carbons (Fsp3) is 0.783. The zero-order valence-corrected chi connectivity index (χ0v) is 37.2. The minimum absolute atomic E-state index is 0.157. The molecule has 1 aliphatic heterocycles. The predicted molar refractivity (Wildman–Crippen MR) is 233 cm³/mol. The van der Waals surface area contributed by atoms with Crippen LogP contribution in [-0.4, -0.2) is 96.0 Å². The van der Waals surface area contributed by atoms with E-state index in [0.29, 0.717) is 12.8 Å². The zero-order chi connectivity index (χ0) is 43.4. The first-order chi connectivity index (χ1) is 28.5. The topological polar surface area (TPSA) is 186 Å². The number of aliphatic hydroxyl groups excluding tert-OH is 3. The third-order valence-corrected chi connectivity index (χ3v) is 10.9. The van der Waals surface area contributed by atoms with Crippen molar-refractivity contribution >= 4 is 22.1 Å². The van der Waals surface area contributed by atoms with E-state index in [4.69, 9.17) is 18.9 Å². The normalized spacial score (nSPS) is 20.7. The van der Waals surface area contributed by atoms with Crippen molar-refractivity contribution in [3.63, 3.8) is 0 Å². The van der Waals surface area contributed by atoms with Gasteiger partial charge in [-0.3, -0.25) is 14.1 Å². The number of esters is 2. The minimum atomic E-state index is -4.61. The average Bonchev–Trinajstić information content (AvgIpc) is 3.20. The summed E-state index contributed by atoms with van der Waals surface area (Å²) in [6.45, 7) is 3.61. The molecule has 6 atom stereocenters. The summed E-state index contributed by atoms with van der Waals surface area (Å²) in [6, 6.07) is 0. The Bertz CT molecular complexity index is 1280. The molecule has 0 aromatic rings. The van der Waals surface area contributed by atoms with Gasteiger partial charge < -0.3 is 34.3 Å². The highest BCUT2D eigenvalue weighted by molar-refractivity contribution is 7.85. The van der Waals surface area contributed by atoms with Crippen LogP contribution >= 0.6 is 0 Å². The van der Waals surface area contributed by atoms with Gasteiger partial charge in [0.15, 0.2) is 12.4 Å². The van der Waals surface area contributed by atoms with Crippen LogP contribution in [0.2, 0.25) is 0 Å². The van der Waals surface area contributed by atoms with Crippen LogP contribution in [0.25, 0.3) is 0 Å². The lowest BCUT2D eigenvalue weighted by atomic mass is 10.00. The van der Waals surface area contributed by atoms with Gasteiger partial charge in [-0.05, 0) is 51.4 Å². The summed E-state index contributed by atoms with van der Waals surface area (Å²) in [4.78, 5) is 25.4. The molecule has 0 bridgehead atoms. The molecule has 4 N–H and O–H groups in total. The highest BCUT2D eigenvalue weighted by atomic mass is 32.2. The van der Waals surface area contributed by atoms with Crippen molar-refractivity contribution < 1.29 is 56.8 Å². The smallest absolute Gasteiger partial charge is 0.306 e. The van der Waals surface area contributed by atoms with Crippen LogP contribution in [0, 0.1) is 0 Å². The molecule has 0 aromatic heterocycles. The molecular weight excluding hydrogens is 777 g/mol. The van der Waals surface area contributed by atoms with Crippen LogP contribution in [0.1, 0.15) is 174 Å². The Labute approximate surface area is 356 Å². The molecule has 1 rings (SSSR count). The molecule has 59 heavy (non-hydrogen) atoms. The first-order valence-corrected chi connectivity index (χ1v) is 24.3. The number of rotatable bonds is 37. The number of ether oxygens (including phenoxy) is 4. The maximum Gasteiger partial charge on any atom is 0.306 e. The molecule has 1 fully saturated rings. The monoisotopic (exact) mass is 857 g/mol. The van der Waals surface area contributed by atoms with E-state index in [1.165, 1.54) is 77.0 Å². The molecule has 0 aliphatic carbocycles. The van der Waals surface area contributed by atoms with Gasteiger partial charge in [-0.25, -0.2) is 0 Å². The van der Waals surface area contributed by atoms with Crippen LogP contribution in [-0.2, 0) is 38.7 Å². The first-order valence-electron chi connectivity index (χ1n) is 22.7.